The van der Waals surface area contributed by atoms with E-state index in [9.17, 15) is 9.59 Å². The van der Waals surface area contributed by atoms with Gasteiger partial charge in [0.05, 0.1) is 6.61 Å². The number of amides is 1. The van der Waals surface area contributed by atoms with Crippen LogP contribution in [0.2, 0.25) is 0 Å². The van der Waals surface area contributed by atoms with Crippen LogP contribution in [-0.2, 0) is 9.53 Å². The SMILES string of the molecule is CCCC(=O)Nc1nc(C(=O)OCC)co1. The van der Waals surface area contributed by atoms with E-state index in [1.165, 1.54) is 0 Å². The van der Waals surface area contributed by atoms with Crippen molar-refractivity contribution in [1.29, 1.82) is 0 Å². The third kappa shape index (κ3) is 3.38. The molecule has 1 aromatic heterocycles. The van der Waals surface area contributed by atoms with Crippen LogP contribution in [0.3, 0.4) is 0 Å². The zero-order chi connectivity index (χ0) is 12.0. The second kappa shape index (κ2) is 5.89. The third-order valence-electron chi connectivity index (χ3n) is 1.71. The van der Waals surface area contributed by atoms with E-state index in [2.05, 4.69) is 10.3 Å². The molecule has 88 valence electrons. The summed E-state index contributed by atoms with van der Waals surface area (Å²) in [7, 11) is 0. The van der Waals surface area contributed by atoms with Crippen molar-refractivity contribution in [3.63, 3.8) is 0 Å². The molecule has 1 N–H and O–H groups in total. The first-order valence-corrected chi connectivity index (χ1v) is 5.09. The number of aromatic nitrogens is 1. The number of hydrogen-bond donors (Lipinski definition) is 1. The summed E-state index contributed by atoms with van der Waals surface area (Å²) in [5.41, 5.74) is 0.0497. The molecule has 0 aliphatic heterocycles. The molecule has 0 atom stereocenters. The molecule has 1 amide bonds. The van der Waals surface area contributed by atoms with Gasteiger partial charge in [0, 0.05) is 6.42 Å². The van der Waals surface area contributed by atoms with Crippen molar-refractivity contribution in [2.45, 2.75) is 26.7 Å². The Morgan fingerprint density at radius 2 is 2.25 bits per heavy atom. The summed E-state index contributed by atoms with van der Waals surface area (Å²) in [5, 5.41) is 2.44. The van der Waals surface area contributed by atoms with Crippen molar-refractivity contribution >= 4 is 17.9 Å². The highest BCUT2D eigenvalue weighted by molar-refractivity contribution is 5.90. The van der Waals surface area contributed by atoms with Crippen LogP contribution in [0.4, 0.5) is 6.01 Å². The minimum Gasteiger partial charge on any atom is -0.461 e. The van der Waals surface area contributed by atoms with E-state index in [0.29, 0.717) is 6.42 Å². The van der Waals surface area contributed by atoms with Gasteiger partial charge in [-0.05, 0) is 13.3 Å². The smallest absolute Gasteiger partial charge is 0.360 e. The number of oxazole rings is 1. The summed E-state index contributed by atoms with van der Waals surface area (Å²) in [5.74, 6) is -0.762. The lowest BCUT2D eigenvalue weighted by molar-refractivity contribution is -0.116. The van der Waals surface area contributed by atoms with Gasteiger partial charge in [-0.15, -0.1) is 0 Å². The molecule has 16 heavy (non-hydrogen) atoms. The molecule has 1 heterocycles. The fourth-order valence-electron chi connectivity index (χ4n) is 1.04. The molecule has 0 unspecified atom stereocenters. The molecule has 6 nitrogen and oxygen atoms in total. The molecule has 0 spiro atoms. The Kier molecular flexibility index (Phi) is 4.50. The van der Waals surface area contributed by atoms with Gasteiger partial charge in [0.15, 0.2) is 5.69 Å². The molecule has 0 aromatic carbocycles. The van der Waals surface area contributed by atoms with Crippen molar-refractivity contribution in [1.82, 2.24) is 4.98 Å². The monoisotopic (exact) mass is 226 g/mol. The van der Waals surface area contributed by atoms with Crippen LogP contribution in [0.15, 0.2) is 10.7 Å². The zero-order valence-electron chi connectivity index (χ0n) is 9.28. The first-order chi connectivity index (χ1) is 7.67. The molecule has 0 aliphatic rings. The van der Waals surface area contributed by atoms with Crippen molar-refractivity contribution < 1.29 is 18.7 Å². The number of ether oxygens (including phenoxy) is 1. The maximum absolute atomic E-state index is 11.2. The van der Waals surface area contributed by atoms with Gasteiger partial charge in [-0.2, -0.15) is 4.98 Å². The molecule has 6 heteroatoms. The van der Waals surface area contributed by atoms with Crippen molar-refractivity contribution in [3.05, 3.63) is 12.0 Å². The highest BCUT2D eigenvalue weighted by Crippen LogP contribution is 2.09. The number of rotatable bonds is 5. The average Bonchev–Trinajstić information content (AvgIpc) is 2.67. The Morgan fingerprint density at radius 3 is 2.88 bits per heavy atom. The van der Waals surface area contributed by atoms with E-state index in [1.807, 2.05) is 6.92 Å². The first kappa shape index (κ1) is 12.2. The second-order valence-electron chi connectivity index (χ2n) is 3.06. The number of carbonyl (C=O) groups is 2. The van der Waals surface area contributed by atoms with Crippen LogP contribution in [0.1, 0.15) is 37.2 Å². The van der Waals surface area contributed by atoms with E-state index in [1.54, 1.807) is 6.92 Å². The molecular formula is C10H14N2O4. The summed E-state index contributed by atoms with van der Waals surface area (Å²) >= 11 is 0. The highest BCUT2D eigenvalue weighted by Gasteiger charge is 2.14. The number of nitrogens with zero attached hydrogens (tertiary/aromatic N) is 1. The topological polar surface area (TPSA) is 81.4 Å². The minimum absolute atomic E-state index is 0.0153. The Morgan fingerprint density at radius 1 is 1.50 bits per heavy atom. The van der Waals surface area contributed by atoms with Gasteiger partial charge in [-0.3, -0.25) is 10.1 Å². The van der Waals surface area contributed by atoms with Crippen LogP contribution < -0.4 is 5.32 Å². The molecule has 0 saturated heterocycles. The van der Waals surface area contributed by atoms with E-state index < -0.39 is 5.97 Å². The van der Waals surface area contributed by atoms with Crippen molar-refractivity contribution in [2.75, 3.05) is 11.9 Å². The minimum atomic E-state index is -0.567. The number of carbonyl (C=O) groups excluding carboxylic acids is 2. The van der Waals surface area contributed by atoms with Crippen LogP contribution in [0.5, 0.6) is 0 Å². The molecule has 0 bridgehead atoms. The van der Waals surface area contributed by atoms with Crippen molar-refractivity contribution in [3.8, 4) is 0 Å². The highest BCUT2D eigenvalue weighted by atomic mass is 16.5. The molecule has 0 radical (unpaired) electrons. The van der Waals surface area contributed by atoms with Gasteiger partial charge in [-0.25, -0.2) is 4.79 Å². The van der Waals surface area contributed by atoms with E-state index in [4.69, 9.17) is 9.15 Å². The van der Waals surface area contributed by atoms with Gasteiger partial charge >= 0.3 is 12.0 Å². The van der Waals surface area contributed by atoms with Gasteiger partial charge in [0.1, 0.15) is 6.26 Å². The Labute approximate surface area is 93.0 Å². The van der Waals surface area contributed by atoms with Gasteiger partial charge in [0.2, 0.25) is 5.91 Å². The summed E-state index contributed by atoms with van der Waals surface area (Å²) < 4.78 is 9.62. The predicted octanol–water partition coefficient (Wildman–Crippen LogP) is 1.59. The Bertz CT molecular complexity index is 373. The standard InChI is InChI=1S/C10H14N2O4/c1-3-5-8(13)12-10-11-7(6-16-10)9(14)15-4-2/h6H,3-5H2,1-2H3,(H,11,12,13). The lowest BCUT2D eigenvalue weighted by Gasteiger charge is -1.97. The molecule has 1 aromatic rings. The predicted molar refractivity (Wildman–Crippen MR) is 56.0 cm³/mol. The third-order valence-corrected chi connectivity index (χ3v) is 1.71. The second-order valence-corrected chi connectivity index (χ2v) is 3.06. The van der Waals surface area contributed by atoms with Gasteiger partial charge < -0.3 is 9.15 Å². The molecule has 0 fully saturated rings. The maximum Gasteiger partial charge on any atom is 0.360 e. The first-order valence-electron chi connectivity index (χ1n) is 5.09. The maximum atomic E-state index is 11.2. The average molecular weight is 226 g/mol. The lowest BCUT2D eigenvalue weighted by atomic mass is 10.3. The number of anilines is 1. The summed E-state index contributed by atoms with van der Waals surface area (Å²) in [6.45, 7) is 3.85. The normalized spacial score (nSPS) is 9.88. The summed E-state index contributed by atoms with van der Waals surface area (Å²) in [6.07, 6.45) is 2.27. The molecular weight excluding hydrogens is 212 g/mol. The Hall–Kier alpha value is -1.85. The molecule has 1 rings (SSSR count). The van der Waals surface area contributed by atoms with Gasteiger partial charge in [-0.1, -0.05) is 6.92 Å². The van der Waals surface area contributed by atoms with Crippen molar-refractivity contribution in [2.24, 2.45) is 0 Å². The largest absolute Gasteiger partial charge is 0.461 e. The zero-order valence-corrected chi connectivity index (χ0v) is 9.28. The number of esters is 1. The Balaban J connectivity index is 2.57. The van der Waals surface area contributed by atoms with Gasteiger partial charge in [0.25, 0.3) is 0 Å². The fourth-order valence-corrected chi connectivity index (χ4v) is 1.04. The van der Waals surface area contributed by atoms with E-state index in [0.717, 1.165) is 12.7 Å². The lowest BCUT2D eigenvalue weighted by Crippen LogP contribution is -2.11. The molecule has 0 aliphatic carbocycles. The van der Waals surface area contributed by atoms with Crippen LogP contribution in [0.25, 0.3) is 0 Å². The number of hydrogen-bond acceptors (Lipinski definition) is 5. The summed E-state index contributed by atoms with van der Waals surface area (Å²) in [4.78, 5) is 26.2. The number of nitrogens with one attached hydrogen (secondary N) is 1. The fraction of sp³-hybridized carbons (Fsp3) is 0.500. The van der Waals surface area contributed by atoms with E-state index in [-0.39, 0.29) is 24.2 Å². The molecule has 0 saturated carbocycles. The van der Waals surface area contributed by atoms with Crippen LogP contribution in [0, 0.1) is 0 Å². The summed E-state index contributed by atoms with van der Waals surface area (Å²) in [6, 6.07) is 0.0153. The van der Waals surface area contributed by atoms with E-state index >= 15 is 0 Å². The van der Waals surface area contributed by atoms with Crippen LogP contribution in [-0.4, -0.2) is 23.5 Å². The van der Waals surface area contributed by atoms with Crippen LogP contribution >= 0.6 is 0 Å². The quantitative estimate of drug-likeness (QED) is 0.771.